The van der Waals surface area contributed by atoms with Crippen molar-refractivity contribution in [3.8, 4) is 0 Å². The van der Waals surface area contributed by atoms with Crippen molar-refractivity contribution in [3.05, 3.63) is 59.7 Å². The zero-order valence-electron chi connectivity index (χ0n) is 12.7. The van der Waals surface area contributed by atoms with Crippen LogP contribution in [-0.4, -0.2) is 25.0 Å². The second-order valence-electron chi connectivity index (χ2n) is 5.24. The number of benzene rings is 2. The first-order valence-electron chi connectivity index (χ1n) is 6.91. The van der Waals surface area contributed by atoms with Crippen LogP contribution in [0, 0.1) is 0 Å². The van der Waals surface area contributed by atoms with E-state index in [0.29, 0.717) is 17.0 Å². The lowest BCUT2D eigenvalue weighted by atomic mass is 10.1. The molecule has 0 saturated carbocycles. The molecule has 3 N–H and O–H groups in total. The van der Waals surface area contributed by atoms with Gasteiger partial charge in [0.2, 0.25) is 0 Å². The Bertz CT molecular complexity index is 663. The summed E-state index contributed by atoms with van der Waals surface area (Å²) in [4.78, 5) is 14.6. The van der Waals surface area contributed by atoms with Crippen LogP contribution in [0.3, 0.4) is 0 Å². The second-order valence-corrected chi connectivity index (χ2v) is 5.76. The number of nitrogens with zero attached hydrogens (tertiary/aromatic N) is 1. The van der Waals surface area contributed by atoms with Gasteiger partial charge in [-0.25, -0.2) is 0 Å². The lowest BCUT2D eigenvalue weighted by molar-refractivity contribution is 0.102. The molecule has 0 atom stereocenters. The Hall–Kier alpha value is -2.40. The summed E-state index contributed by atoms with van der Waals surface area (Å²) in [5.74, 6) is -0.139. The van der Waals surface area contributed by atoms with Crippen molar-refractivity contribution < 1.29 is 4.79 Å². The van der Waals surface area contributed by atoms with Crippen LogP contribution in [0.1, 0.15) is 15.9 Å². The van der Waals surface area contributed by atoms with Crippen LogP contribution in [0.5, 0.6) is 0 Å². The molecule has 0 aliphatic heterocycles. The lowest BCUT2D eigenvalue weighted by Gasteiger charge is -2.13. The summed E-state index contributed by atoms with van der Waals surface area (Å²) in [7, 11) is 3.95. The Morgan fingerprint density at radius 3 is 2.18 bits per heavy atom. The first kappa shape index (κ1) is 16.0. The van der Waals surface area contributed by atoms with Crippen molar-refractivity contribution in [1.29, 1.82) is 0 Å². The highest BCUT2D eigenvalue weighted by Gasteiger charge is 2.06. The zero-order chi connectivity index (χ0) is 16.1. The Balaban J connectivity index is 2.03. The lowest BCUT2D eigenvalue weighted by Crippen LogP contribution is -2.13. The van der Waals surface area contributed by atoms with Gasteiger partial charge in [0.1, 0.15) is 0 Å². The molecule has 0 aliphatic rings. The van der Waals surface area contributed by atoms with Crippen molar-refractivity contribution in [1.82, 2.24) is 0 Å². The van der Waals surface area contributed by atoms with Crippen molar-refractivity contribution >= 4 is 34.5 Å². The molecular weight excluding hydrogens is 294 g/mol. The molecule has 0 heterocycles. The molecule has 114 valence electrons. The van der Waals surface area contributed by atoms with E-state index in [9.17, 15) is 4.79 Å². The van der Waals surface area contributed by atoms with E-state index in [4.69, 9.17) is 18.0 Å². The highest BCUT2D eigenvalue weighted by Crippen LogP contribution is 2.16. The maximum atomic E-state index is 12.2. The van der Waals surface area contributed by atoms with Gasteiger partial charge in [0, 0.05) is 37.5 Å². The van der Waals surface area contributed by atoms with Crippen molar-refractivity contribution in [2.75, 3.05) is 24.3 Å². The van der Waals surface area contributed by atoms with E-state index in [2.05, 4.69) is 5.32 Å². The molecule has 1 amide bonds. The van der Waals surface area contributed by atoms with Crippen LogP contribution in [0.2, 0.25) is 0 Å². The van der Waals surface area contributed by atoms with E-state index in [1.807, 2.05) is 55.4 Å². The molecule has 0 spiro atoms. The van der Waals surface area contributed by atoms with Gasteiger partial charge in [-0.15, -0.1) is 0 Å². The second kappa shape index (κ2) is 7.04. The molecule has 0 radical (unpaired) electrons. The third-order valence-electron chi connectivity index (χ3n) is 3.24. The molecule has 0 aromatic heterocycles. The van der Waals surface area contributed by atoms with Gasteiger partial charge in [0.05, 0.1) is 4.99 Å². The molecule has 0 fully saturated rings. The SMILES string of the molecule is CN(C)c1ccc(NC(=O)c2ccc(CC(N)=S)cc2)cc1. The zero-order valence-corrected chi connectivity index (χ0v) is 13.5. The third-order valence-corrected chi connectivity index (χ3v) is 3.38. The number of thiocarbonyl (C=S) groups is 1. The molecule has 0 saturated heterocycles. The largest absolute Gasteiger partial charge is 0.393 e. The van der Waals surface area contributed by atoms with Crippen molar-refractivity contribution in [3.63, 3.8) is 0 Å². The number of carbonyl (C=O) groups is 1. The minimum absolute atomic E-state index is 0.139. The van der Waals surface area contributed by atoms with Gasteiger partial charge >= 0.3 is 0 Å². The molecule has 0 unspecified atom stereocenters. The van der Waals surface area contributed by atoms with Crippen molar-refractivity contribution in [2.45, 2.75) is 6.42 Å². The number of hydrogen-bond acceptors (Lipinski definition) is 3. The Morgan fingerprint density at radius 2 is 1.68 bits per heavy atom. The minimum atomic E-state index is -0.139. The number of rotatable bonds is 5. The maximum absolute atomic E-state index is 12.2. The van der Waals surface area contributed by atoms with Gasteiger partial charge in [-0.3, -0.25) is 4.79 Å². The summed E-state index contributed by atoms with van der Waals surface area (Å²) in [6.45, 7) is 0. The standard InChI is InChI=1S/C17H19N3OS/c1-20(2)15-9-7-14(8-10-15)19-17(21)13-5-3-12(4-6-13)11-16(18)22/h3-10H,11H2,1-2H3,(H2,18,22)(H,19,21). The van der Waals surface area contributed by atoms with Gasteiger partial charge in [-0.05, 0) is 42.0 Å². The van der Waals surface area contributed by atoms with E-state index in [1.54, 1.807) is 12.1 Å². The van der Waals surface area contributed by atoms with E-state index < -0.39 is 0 Å². The minimum Gasteiger partial charge on any atom is -0.393 e. The average Bonchev–Trinajstić information content (AvgIpc) is 2.48. The summed E-state index contributed by atoms with van der Waals surface area (Å²) < 4.78 is 0. The van der Waals surface area contributed by atoms with Gasteiger partial charge in [0.15, 0.2) is 0 Å². The first-order chi connectivity index (χ1) is 10.5. The van der Waals surface area contributed by atoms with Gasteiger partial charge in [-0.1, -0.05) is 24.4 Å². The monoisotopic (exact) mass is 313 g/mol. The molecule has 2 aromatic carbocycles. The highest BCUT2D eigenvalue weighted by molar-refractivity contribution is 7.80. The van der Waals surface area contributed by atoms with Crippen LogP contribution in [-0.2, 0) is 6.42 Å². The normalized spacial score (nSPS) is 10.1. The molecule has 5 heteroatoms. The number of nitrogens with one attached hydrogen (secondary N) is 1. The summed E-state index contributed by atoms with van der Waals surface area (Å²) >= 11 is 4.87. The van der Waals surface area contributed by atoms with E-state index >= 15 is 0 Å². The molecular formula is C17H19N3OS. The topological polar surface area (TPSA) is 58.4 Å². The molecule has 4 nitrogen and oxygen atoms in total. The Kier molecular flexibility index (Phi) is 5.12. The summed E-state index contributed by atoms with van der Waals surface area (Å²) in [5.41, 5.74) is 8.96. The van der Waals surface area contributed by atoms with Crippen LogP contribution in [0.15, 0.2) is 48.5 Å². The van der Waals surface area contributed by atoms with E-state index in [1.165, 1.54) is 0 Å². The Morgan fingerprint density at radius 1 is 1.09 bits per heavy atom. The third kappa shape index (κ3) is 4.30. The number of hydrogen-bond donors (Lipinski definition) is 2. The van der Waals surface area contributed by atoms with Crippen LogP contribution in [0.25, 0.3) is 0 Å². The summed E-state index contributed by atoms with van der Waals surface area (Å²) in [5, 5.41) is 2.88. The highest BCUT2D eigenvalue weighted by atomic mass is 32.1. The number of amides is 1. The number of nitrogens with two attached hydrogens (primary N) is 1. The van der Waals surface area contributed by atoms with E-state index in [-0.39, 0.29) is 5.91 Å². The summed E-state index contributed by atoms with van der Waals surface area (Å²) in [6.07, 6.45) is 0.545. The quantitative estimate of drug-likeness (QED) is 0.833. The molecule has 0 bridgehead atoms. The van der Waals surface area contributed by atoms with Gasteiger partial charge in [0.25, 0.3) is 5.91 Å². The van der Waals surface area contributed by atoms with Gasteiger partial charge in [-0.2, -0.15) is 0 Å². The first-order valence-corrected chi connectivity index (χ1v) is 7.32. The average molecular weight is 313 g/mol. The predicted molar refractivity (Wildman–Crippen MR) is 95.7 cm³/mol. The maximum Gasteiger partial charge on any atom is 0.255 e. The van der Waals surface area contributed by atoms with Crippen LogP contribution >= 0.6 is 12.2 Å². The molecule has 2 rings (SSSR count). The van der Waals surface area contributed by atoms with Crippen molar-refractivity contribution in [2.24, 2.45) is 5.73 Å². The fourth-order valence-corrected chi connectivity index (χ4v) is 2.19. The summed E-state index contributed by atoms with van der Waals surface area (Å²) in [6, 6.07) is 15.0. The fraction of sp³-hybridized carbons (Fsp3) is 0.176. The molecule has 22 heavy (non-hydrogen) atoms. The number of carbonyl (C=O) groups excluding carboxylic acids is 1. The number of anilines is 2. The van der Waals surface area contributed by atoms with Gasteiger partial charge < -0.3 is 16.0 Å². The predicted octanol–water partition coefficient (Wildman–Crippen LogP) is 2.83. The van der Waals surface area contributed by atoms with E-state index in [0.717, 1.165) is 16.9 Å². The Labute approximate surface area is 135 Å². The fourth-order valence-electron chi connectivity index (χ4n) is 2.02. The smallest absolute Gasteiger partial charge is 0.255 e. The van der Waals surface area contributed by atoms with Crippen LogP contribution < -0.4 is 16.0 Å². The molecule has 0 aliphatic carbocycles. The van der Waals surface area contributed by atoms with Crippen LogP contribution in [0.4, 0.5) is 11.4 Å². The molecule has 2 aromatic rings.